The molecule has 21 heavy (non-hydrogen) atoms. The van der Waals surface area contributed by atoms with Gasteiger partial charge in [0.15, 0.2) is 0 Å². The second-order valence-corrected chi connectivity index (χ2v) is 6.60. The molecule has 3 nitrogen and oxygen atoms in total. The van der Waals surface area contributed by atoms with Gasteiger partial charge in [-0.2, -0.15) is 0 Å². The highest BCUT2D eigenvalue weighted by Gasteiger charge is 2.40. The van der Waals surface area contributed by atoms with Crippen LogP contribution < -0.4 is 10.6 Å². The first-order valence-electron chi connectivity index (χ1n) is 8.37. The molecular formula is C18H28N2O. The van der Waals surface area contributed by atoms with E-state index in [4.69, 9.17) is 10.5 Å². The van der Waals surface area contributed by atoms with Gasteiger partial charge in [-0.1, -0.05) is 18.2 Å². The third-order valence-corrected chi connectivity index (χ3v) is 5.51. The molecule has 0 bridgehead atoms. The molecule has 3 heteroatoms. The van der Waals surface area contributed by atoms with Crippen LogP contribution in [0.4, 0.5) is 5.69 Å². The van der Waals surface area contributed by atoms with Gasteiger partial charge in [0.1, 0.15) is 0 Å². The summed E-state index contributed by atoms with van der Waals surface area (Å²) >= 11 is 0. The maximum Gasteiger partial charge on any atom is 0.0573 e. The number of nitrogens with zero attached hydrogens (tertiary/aromatic N) is 1. The Balaban J connectivity index is 1.90. The lowest BCUT2D eigenvalue weighted by atomic mass is 9.78. The first kappa shape index (κ1) is 14.9. The number of rotatable bonds is 3. The SMILES string of the molecule is COC1CCC(CN)(N2CCCCc3ccccc32)CC1. The van der Waals surface area contributed by atoms with E-state index < -0.39 is 0 Å². The van der Waals surface area contributed by atoms with Gasteiger partial charge in [0.25, 0.3) is 0 Å². The van der Waals surface area contributed by atoms with E-state index in [1.807, 2.05) is 7.11 Å². The van der Waals surface area contributed by atoms with Crippen molar-refractivity contribution in [1.29, 1.82) is 0 Å². The predicted molar refractivity (Wildman–Crippen MR) is 87.8 cm³/mol. The Labute approximate surface area is 128 Å². The van der Waals surface area contributed by atoms with Crippen LogP contribution in [0.15, 0.2) is 24.3 Å². The lowest BCUT2D eigenvalue weighted by Gasteiger charge is -2.49. The fourth-order valence-corrected chi connectivity index (χ4v) is 4.13. The minimum atomic E-state index is 0.134. The molecule has 0 spiro atoms. The maximum absolute atomic E-state index is 6.28. The highest BCUT2D eigenvalue weighted by Crippen LogP contribution is 2.40. The van der Waals surface area contributed by atoms with Gasteiger partial charge in [-0.25, -0.2) is 0 Å². The molecule has 2 N–H and O–H groups in total. The van der Waals surface area contributed by atoms with Crippen LogP contribution in [0.25, 0.3) is 0 Å². The van der Waals surface area contributed by atoms with Gasteiger partial charge in [0, 0.05) is 25.9 Å². The minimum Gasteiger partial charge on any atom is -0.381 e. The van der Waals surface area contributed by atoms with Crippen molar-refractivity contribution in [3.8, 4) is 0 Å². The summed E-state index contributed by atoms with van der Waals surface area (Å²) in [7, 11) is 1.83. The molecule has 0 atom stereocenters. The van der Waals surface area contributed by atoms with E-state index in [1.54, 1.807) is 0 Å². The van der Waals surface area contributed by atoms with Crippen LogP contribution >= 0.6 is 0 Å². The van der Waals surface area contributed by atoms with Gasteiger partial charge in [0.05, 0.1) is 11.6 Å². The quantitative estimate of drug-likeness (QED) is 0.929. The predicted octanol–water partition coefficient (Wildman–Crippen LogP) is 3.12. The summed E-state index contributed by atoms with van der Waals surface area (Å²) in [4.78, 5) is 2.64. The Kier molecular flexibility index (Phi) is 4.51. The highest BCUT2D eigenvalue weighted by atomic mass is 16.5. The monoisotopic (exact) mass is 288 g/mol. The van der Waals surface area contributed by atoms with E-state index in [9.17, 15) is 0 Å². The van der Waals surface area contributed by atoms with Crippen molar-refractivity contribution >= 4 is 5.69 Å². The molecule has 1 aromatic carbocycles. The van der Waals surface area contributed by atoms with Gasteiger partial charge in [0.2, 0.25) is 0 Å². The molecule has 0 radical (unpaired) electrons. The van der Waals surface area contributed by atoms with Gasteiger partial charge in [-0.05, 0) is 56.6 Å². The molecule has 0 unspecified atom stereocenters. The second-order valence-electron chi connectivity index (χ2n) is 6.60. The van der Waals surface area contributed by atoms with Crippen LogP contribution in [-0.4, -0.2) is 31.8 Å². The molecule has 2 aliphatic rings. The Hall–Kier alpha value is -1.06. The molecule has 1 aliphatic carbocycles. The fraction of sp³-hybridized carbons (Fsp3) is 0.667. The number of fused-ring (bicyclic) bond motifs is 1. The third kappa shape index (κ3) is 2.82. The first-order valence-corrected chi connectivity index (χ1v) is 8.37. The Morgan fingerprint density at radius 3 is 2.71 bits per heavy atom. The number of nitrogens with two attached hydrogens (primary N) is 1. The number of anilines is 1. The van der Waals surface area contributed by atoms with Crippen LogP contribution in [0.3, 0.4) is 0 Å². The molecule has 1 saturated carbocycles. The largest absolute Gasteiger partial charge is 0.381 e. The maximum atomic E-state index is 6.28. The van der Waals surface area contributed by atoms with E-state index in [2.05, 4.69) is 29.2 Å². The smallest absolute Gasteiger partial charge is 0.0573 e. The molecule has 3 rings (SSSR count). The number of benzene rings is 1. The van der Waals surface area contributed by atoms with Crippen molar-refractivity contribution in [1.82, 2.24) is 0 Å². The summed E-state index contributed by atoms with van der Waals surface area (Å²) in [6, 6.07) is 8.92. The molecular weight excluding hydrogens is 260 g/mol. The van der Waals surface area contributed by atoms with E-state index in [0.29, 0.717) is 6.10 Å². The van der Waals surface area contributed by atoms with E-state index >= 15 is 0 Å². The summed E-state index contributed by atoms with van der Waals surface area (Å²) in [5, 5.41) is 0. The molecule has 1 aromatic rings. The average molecular weight is 288 g/mol. The summed E-state index contributed by atoms with van der Waals surface area (Å²) in [5.41, 5.74) is 9.34. The van der Waals surface area contributed by atoms with E-state index in [0.717, 1.165) is 38.8 Å². The molecule has 0 saturated heterocycles. The molecule has 1 fully saturated rings. The Morgan fingerprint density at radius 2 is 2.00 bits per heavy atom. The van der Waals surface area contributed by atoms with Gasteiger partial charge < -0.3 is 15.4 Å². The van der Waals surface area contributed by atoms with Crippen molar-refractivity contribution in [2.24, 2.45) is 5.73 Å². The zero-order valence-corrected chi connectivity index (χ0v) is 13.2. The fourth-order valence-electron chi connectivity index (χ4n) is 4.13. The molecule has 1 aliphatic heterocycles. The average Bonchev–Trinajstić information content (AvgIpc) is 2.78. The Morgan fingerprint density at radius 1 is 1.24 bits per heavy atom. The number of ether oxygens (including phenoxy) is 1. The van der Waals surface area contributed by atoms with Crippen molar-refractivity contribution in [2.75, 3.05) is 25.1 Å². The van der Waals surface area contributed by atoms with Crippen molar-refractivity contribution in [3.05, 3.63) is 29.8 Å². The summed E-state index contributed by atoms with van der Waals surface area (Å²) in [6.07, 6.45) is 8.74. The van der Waals surface area contributed by atoms with Crippen LogP contribution in [0.5, 0.6) is 0 Å². The number of methoxy groups -OCH3 is 1. The summed E-state index contributed by atoms with van der Waals surface area (Å²) in [6.45, 7) is 1.89. The number of para-hydroxylation sites is 1. The van der Waals surface area contributed by atoms with E-state index in [1.165, 1.54) is 30.5 Å². The zero-order valence-electron chi connectivity index (χ0n) is 13.2. The van der Waals surface area contributed by atoms with Crippen LogP contribution in [0, 0.1) is 0 Å². The number of hydrogen-bond acceptors (Lipinski definition) is 3. The molecule has 0 amide bonds. The lowest BCUT2D eigenvalue weighted by molar-refractivity contribution is 0.0495. The van der Waals surface area contributed by atoms with Crippen molar-refractivity contribution in [2.45, 2.75) is 56.6 Å². The molecule has 116 valence electrons. The normalized spacial score (nSPS) is 29.8. The van der Waals surface area contributed by atoms with Crippen molar-refractivity contribution in [3.63, 3.8) is 0 Å². The lowest BCUT2D eigenvalue weighted by Crippen LogP contribution is -2.57. The zero-order chi connectivity index (χ0) is 14.7. The van der Waals surface area contributed by atoms with Gasteiger partial charge in [-0.15, -0.1) is 0 Å². The molecule has 1 heterocycles. The van der Waals surface area contributed by atoms with E-state index in [-0.39, 0.29) is 5.54 Å². The van der Waals surface area contributed by atoms with Gasteiger partial charge in [-0.3, -0.25) is 0 Å². The topological polar surface area (TPSA) is 38.5 Å². The standard InChI is InChI=1S/C18H28N2O/c1-21-16-9-11-18(14-19,12-10-16)20-13-5-4-7-15-6-2-3-8-17(15)20/h2-3,6,8,16H,4-5,7,9-14,19H2,1H3. The summed E-state index contributed by atoms with van der Waals surface area (Å²) in [5.74, 6) is 0. The second kappa shape index (κ2) is 6.37. The number of hydrogen-bond donors (Lipinski definition) is 1. The highest BCUT2D eigenvalue weighted by molar-refractivity contribution is 5.57. The minimum absolute atomic E-state index is 0.134. The third-order valence-electron chi connectivity index (χ3n) is 5.51. The first-order chi connectivity index (χ1) is 10.3. The Bertz CT molecular complexity index is 466. The summed E-state index contributed by atoms with van der Waals surface area (Å²) < 4.78 is 5.55. The molecule has 0 aromatic heterocycles. The number of aryl methyl sites for hydroxylation is 1. The van der Waals surface area contributed by atoms with Crippen LogP contribution in [0.1, 0.15) is 44.1 Å². The van der Waals surface area contributed by atoms with Crippen LogP contribution in [0.2, 0.25) is 0 Å². The van der Waals surface area contributed by atoms with Gasteiger partial charge >= 0.3 is 0 Å². The van der Waals surface area contributed by atoms with Crippen LogP contribution in [-0.2, 0) is 11.2 Å². The van der Waals surface area contributed by atoms with Crippen molar-refractivity contribution < 1.29 is 4.74 Å².